The van der Waals surface area contributed by atoms with Gasteiger partial charge in [-0.15, -0.1) is 0 Å². The zero-order chi connectivity index (χ0) is 21.5. The van der Waals surface area contributed by atoms with Gasteiger partial charge >= 0.3 is 0 Å². The SMILES string of the molecule is C=Cc1c(-c2c3c(c(Br)c4ccccc24)C(C)CC=C3)cc2ccccc2c1/C=C\C. The molecule has 0 aromatic heterocycles. The first-order valence-corrected chi connectivity index (χ1v) is 11.7. The van der Waals surface area contributed by atoms with Crippen molar-refractivity contribution in [3.05, 3.63) is 100 Å². The summed E-state index contributed by atoms with van der Waals surface area (Å²) in [7, 11) is 0. The van der Waals surface area contributed by atoms with Crippen LogP contribution in [0.15, 0.2) is 77.8 Å². The summed E-state index contributed by atoms with van der Waals surface area (Å²) in [5.41, 5.74) is 7.72. The molecule has 0 spiro atoms. The molecule has 0 amide bonds. The predicted molar refractivity (Wildman–Crippen MR) is 141 cm³/mol. The quantitative estimate of drug-likeness (QED) is 0.283. The number of allylic oxidation sites excluding steroid dienone is 2. The lowest BCUT2D eigenvalue weighted by atomic mass is 9.79. The molecule has 1 unspecified atom stereocenters. The van der Waals surface area contributed by atoms with E-state index in [-0.39, 0.29) is 0 Å². The average Bonchev–Trinajstić information content (AvgIpc) is 2.79. The number of hydrogen-bond acceptors (Lipinski definition) is 0. The molecule has 5 rings (SSSR count). The molecule has 31 heavy (non-hydrogen) atoms. The van der Waals surface area contributed by atoms with E-state index in [1.807, 2.05) is 6.08 Å². The van der Waals surface area contributed by atoms with Crippen LogP contribution in [-0.2, 0) is 0 Å². The van der Waals surface area contributed by atoms with Crippen molar-refractivity contribution < 1.29 is 0 Å². The van der Waals surface area contributed by atoms with E-state index in [0.717, 1.165) is 6.42 Å². The van der Waals surface area contributed by atoms with Gasteiger partial charge in [0.2, 0.25) is 0 Å². The summed E-state index contributed by atoms with van der Waals surface area (Å²) in [4.78, 5) is 0. The number of fused-ring (bicyclic) bond motifs is 3. The summed E-state index contributed by atoms with van der Waals surface area (Å²) in [6.45, 7) is 8.63. The van der Waals surface area contributed by atoms with Crippen molar-refractivity contribution in [3.63, 3.8) is 0 Å². The van der Waals surface area contributed by atoms with Crippen LogP contribution in [0.5, 0.6) is 0 Å². The highest BCUT2D eigenvalue weighted by Gasteiger charge is 2.25. The van der Waals surface area contributed by atoms with E-state index >= 15 is 0 Å². The van der Waals surface area contributed by atoms with Gasteiger partial charge in [0.25, 0.3) is 0 Å². The lowest BCUT2D eigenvalue weighted by Gasteiger charge is -2.26. The van der Waals surface area contributed by atoms with Gasteiger partial charge in [-0.2, -0.15) is 0 Å². The summed E-state index contributed by atoms with van der Waals surface area (Å²) < 4.78 is 1.23. The fourth-order valence-corrected chi connectivity index (χ4v) is 6.00. The molecule has 0 N–H and O–H groups in total. The van der Waals surface area contributed by atoms with Crippen LogP contribution in [-0.4, -0.2) is 0 Å². The van der Waals surface area contributed by atoms with Gasteiger partial charge in [-0.3, -0.25) is 0 Å². The van der Waals surface area contributed by atoms with Crippen molar-refractivity contribution in [2.75, 3.05) is 0 Å². The van der Waals surface area contributed by atoms with Crippen LogP contribution >= 0.6 is 15.9 Å². The second-order valence-electron chi connectivity index (χ2n) is 8.28. The minimum absolute atomic E-state index is 0.473. The lowest BCUT2D eigenvalue weighted by molar-refractivity contribution is 0.769. The highest BCUT2D eigenvalue weighted by Crippen LogP contribution is 2.48. The predicted octanol–water partition coefficient (Wildman–Crippen LogP) is 9.62. The maximum Gasteiger partial charge on any atom is 0.0295 e. The Hall–Kier alpha value is -2.90. The minimum atomic E-state index is 0.473. The standard InChI is InChI=1S/C30H25Br/c1-4-11-23-21(5-2)27(18-20-13-6-7-14-22(20)23)29-24-15-8-9-16-25(24)30(31)28-19(3)12-10-17-26(28)29/h4-11,13-19H,2,12H2,1,3H3/b11-4-. The zero-order valence-electron chi connectivity index (χ0n) is 18.0. The number of rotatable bonds is 3. The van der Waals surface area contributed by atoms with Crippen LogP contribution in [0.1, 0.15) is 48.4 Å². The minimum Gasteiger partial charge on any atom is -0.0984 e. The van der Waals surface area contributed by atoms with E-state index in [0.29, 0.717) is 5.92 Å². The number of hydrogen-bond donors (Lipinski definition) is 0. The molecule has 0 saturated heterocycles. The molecule has 0 aliphatic heterocycles. The Kier molecular flexibility index (Phi) is 5.16. The maximum absolute atomic E-state index is 4.23. The molecule has 0 radical (unpaired) electrons. The molecular weight excluding hydrogens is 440 g/mol. The van der Waals surface area contributed by atoms with Crippen molar-refractivity contribution in [1.82, 2.24) is 0 Å². The highest BCUT2D eigenvalue weighted by molar-refractivity contribution is 9.10. The molecule has 0 fully saturated rings. The van der Waals surface area contributed by atoms with Crippen LogP contribution in [0, 0.1) is 0 Å². The highest BCUT2D eigenvalue weighted by atomic mass is 79.9. The molecular formula is C30H25Br. The summed E-state index contributed by atoms with van der Waals surface area (Å²) in [5.74, 6) is 0.473. The van der Waals surface area contributed by atoms with Gasteiger partial charge in [-0.1, -0.05) is 92.4 Å². The second kappa shape index (κ2) is 7.98. The summed E-state index contributed by atoms with van der Waals surface area (Å²) in [6, 6.07) is 19.8. The van der Waals surface area contributed by atoms with Crippen molar-refractivity contribution in [3.8, 4) is 11.1 Å². The van der Waals surface area contributed by atoms with Gasteiger partial charge in [0.1, 0.15) is 0 Å². The topological polar surface area (TPSA) is 0 Å². The van der Waals surface area contributed by atoms with E-state index in [9.17, 15) is 0 Å². The van der Waals surface area contributed by atoms with Gasteiger partial charge in [0.15, 0.2) is 0 Å². The van der Waals surface area contributed by atoms with Crippen LogP contribution in [0.3, 0.4) is 0 Å². The van der Waals surface area contributed by atoms with Gasteiger partial charge in [-0.05, 0) is 96.2 Å². The Morgan fingerprint density at radius 1 is 0.968 bits per heavy atom. The van der Waals surface area contributed by atoms with Gasteiger partial charge in [-0.25, -0.2) is 0 Å². The van der Waals surface area contributed by atoms with E-state index in [1.54, 1.807) is 0 Å². The van der Waals surface area contributed by atoms with Crippen molar-refractivity contribution in [2.45, 2.75) is 26.2 Å². The molecule has 152 valence electrons. The van der Waals surface area contributed by atoms with Crippen LogP contribution < -0.4 is 0 Å². The first-order valence-electron chi connectivity index (χ1n) is 10.9. The Bertz CT molecular complexity index is 1400. The van der Waals surface area contributed by atoms with E-state index in [4.69, 9.17) is 0 Å². The Morgan fingerprint density at radius 2 is 1.68 bits per heavy atom. The monoisotopic (exact) mass is 464 g/mol. The molecule has 0 saturated carbocycles. The third kappa shape index (κ3) is 3.11. The van der Waals surface area contributed by atoms with Crippen molar-refractivity contribution >= 4 is 55.7 Å². The van der Waals surface area contributed by atoms with E-state index < -0.39 is 0 Å². The van der Waals surface area contributed by atoms with Gasteiger partial charge in [0.05, 0.1) is 0 Å². The lowest BCUT2D eigenvalue weighted by Crippen LogP contribution is -2.05. The van der Waals surface area contributed by atoms with Crippen LogP contribution in [0.4, 0.5) is 0 Å². The Balaban J connectivity index is 2.02. The molecule has 0 nitrogen and oxygen atoms in total. The maximum atomic E-state index is 4.23. The van der Waals surface area contributed by atoms with Gasteiger partial charge in [0, 0.05) is 4.47 Å². The fourth-order valence-electron chi connectivity index (χ4n) is 5.05. The van der Waals surface area contributed by atoms with Crippen LogP contribution in [0.2, 0.25) is 0 Å². The molecule has 1 atom stereocenters. The summed E-state index contributed by atoms with van der Waals surface area (Å²) >= 11 is 3.96. The summed E-state index contributed by atoms with van der Waals surface area (Å²) in [6.07, 6.45) is 12.1. The molecule has 1 aliphatic rings. The molecule has 1 aliphatic carbocycles. The molecule has 0 bridgehead atoms. The Morgan fingerprint density at radius 3 is 2.42 bits per heavy atom. The smallest absolute Gasteiger partial charge is 0.0295 e. The van der Waals surface area contributed by atoms with Crippen LogP contribution in [0.25, 0.3) is 50.9 Å². The summed E-state index contributed by atoms with van der Waals surface area (Å²) in [5, 5.41) is 5.06. The third-order valence-electron chi connectivity index (χ3n) is 6.43. The van der Waals surface area contributed by atoms with Crippen molar-refractivity contribution in [1.29, 1.82) is 0 Å². The first-order chi connectivity index (χ1) is 15.2. The normalized spacial score (nSPS) is 15.6. The molecule has 4 aromatic carbocycles. The van der Waals surface area contributed by atoms with E-state index in [1.165, 1.54) is 59.4 Å². The average molecular weight is 465 g/mol. The van der Waals surface area contributed by atoms with Gasteiger partial charge < -0.3 is 0 Å². The molecule has 1 heteroatoms. The third-order valence-corrected chi connectivity index (χ3v) is 7.29. The van der Waals surface area contributed by atoms with Crippen molar-refractivity contribution in [2.24, 2.45) is 0 Å². The molecule has 0 heterocycles. The fraction of sp³-hybridized carbons (Fsp3) is 0.133. The first kappa shape index (κ1) is 20.0. The zero-order valence-corrected chi connectivity index (χ0v) is 19.5. The second-order valence-corrected chi connectivity index (χ2v) is 9.07. The number of halogens is 1. The molecule has 4 aromatic rings. The Labute approximate surface area is 192 Å². The largest absolute Gasteiger partial charge is 0.0984 e. The number of benzene rings is 4. The van der Waals surface area contributed by atoms with E-state index in [2.05, 4.69) is 115 Å².